The topological polar surface area (TPSA) is 49.3 Å². The molecule has 2 atom stereocenters. The summed E-state index contributed by atoms with van der Waals surface area (Å²) in [6.45, 7) is 0. The Labute approximate surface area is 168 Å². The average molecular weight is 423 g/mol. The molecule has 0 aliphatic heterocycles. The van der Waals surface area contributed by atoms with Crippen molar-refractivity contribution in [2.75, 3.05) is 0 Å². The highest BCUT2D eigenvalue weighted by atomic mass is 32.1. The molecule has 3 nitrogen and oxygen atoms in total. The first-order chi connectivity index (χ1) is 13.7. The van der Waals surface area contributed by atoms with Crippen molar-refractivity contribution in [2.45, 2.75) is 24.7 Å². The molecule has 0 aliphatic rings. The molecule has 0 bridgehead atoms. The van der Waals surface area contributed by atoms with Crippen LogP contribution < -0.4 is 5.32 Å². The number of hydrogen-bond donors (Lipinski definition) is 2. The molecule has 2 unspecified atom stereocenters. The predicted octanol–water partition coefficient (Wildman–Crippen LogP) is 4.98. The highest BCUT2D eigenvalue weighted by Gasteiger charge is 2.30. The van der Waals surface area contributed by atoms with Crippen LogP contribution in [0.5, 0.6) is 0 Å². The molecule has 2 aromatic carbocycles. The van der Waals surface area contributed by atoms with E-state index in [4.69, 9.17) is 0 Å². The molecule has 29 heavy (non-hydrogen) atoms. The largest absolute Gasteiger partial charge is 0.416 e. The first-order valence-electron chi connectivity index (χ1n) is 8.68. The van der Waals surface area contributed by atoms with E-state index in [1.165, 1.54) is 47.7 Å². The Morgan fingerprint density at radius 3 is 2.24 bits per heavy atom. The van der Waals surface area contributed by atoms with Gasteiger partial charge in [0.05, 0.1) is 22.6 Å². The third-order valence-corrected chi connectivity index (χ3v) is 5.26. The van der Waals surface area contributed by atoms with Gasteiger partial charge in [0.1, 0.15) is 5.82 Å². The maximum absolute atomic E-state index is 13.2. The number of hydrogen-bond acceptors (Lipinski definition) is 3. The van der Waals surface area contributed by atoms with E-state index in [-0.39, 0.29) is 6.42 Å². The Kier molecular flexibility index (Phi) is 6.34. The van der Waals surface area contributed by atoms with Crippen LogP contribution in [0.2, 0.25) is 0 Å². The van der Waals surface area contributed by atoms with Gasteiger partial charge in [-0.1, -0.05) is 30.3 Å². The third-order valence-electron chi connectivity index (χ3n) is 4.39. The monoisotopic (exact) mass is 423 g/mol. The number of aliphatic hydroxyl groups is 1. The second kappa shape index (κ2) is 8.75. The molecule has 0 aliphatic carbocycles. The molecule has 1 amide bonds. The van der Waals surface area contributed by atoms with Crippen LogP contribution in [0, 0.1) is 5.82 Å². The first kappa shape index (κ1) is 21.0. The van der Waals surface area contributed by atoms with Gasteiger partial charge in [-0.2, -0.15) is 13.2 Å². The van der Waals surface area contributed by atoms with E-state index in [1.54, 1.807) is 17.5 Å². The van der Waals surface area contributed by atoms with Crippen LogP contribution in [-0.2, 0) is 12.6 Å². The minimum Gasteiger partial charge on any atom is -0.386 e. The Morgan fingerprint density at radius 2 is 1.69 bits per heavy atom. The molecule has 152 valence electrons. The van der Waals surface area contributed by atoms with Crippen LogP contribution >= 0.6 is 11.3 Å². The maximum atomic E-state index is 13.2. The van der Waals surface area contributed by atoms with Crippen LogP contribution in [-0.4, -0.2) is 17.1 Å². The number of carbonyl (C=O) groups excluding carboxylic acids is 1. The van der Waals surface area contributed by atoms with Crippen LogP contribution in [0.25, 0.3) is 0 Å². The Morgan fingerprint density at radius 1 is 1.03 bits per heavy atom. The Bertz CT molecular complexity index is 938. The third kappa shape index (κ3) is 5.42. The minimum absolute atomic E-state index is 0.0911. The first-order valence-corrected chi connectivity index (χ1v) is 9.56. The zero-order valence-corrected chi connectivity index (χ0v) is 15.8. The van der Waals surface area contributed by atoms with Gasteiger partial charge in [-0.15, -0.1) is 11.3 Å². The zero-order chi connectivity index (χ0) is 21.0. The van der Waals surface area contributed by atoms with Crippen LogP contribution in [0.15, 0.2) is 66.0 Å². The number of thiophene rings is 1. The number of alkyl halides is 3. The van der Waals surface area contributed by atoms with Gasteiger partial charge in [-0.25, -0.2) is 4.39 Å². The summed E-state index contributed by atoms with van der Waals surface area (Å²) in [5.41, 5.74) is 0.116. The van der Waals surface area contributed by atoms with Crippen LogP contribution in [0.1, 0.15) is 32.5 Å². The summed E-state index contributed by atoms with van der Waals surface area (Å²) in [7, 11) is 0. The molecule has 0 saturated heterocycles. The number of halogens is 4. The van der Waals surface area contributed by atoms with Crippen molar-refractivity contribution in [3.05, 3.63) is 93.4 Å². The maximum Gasteiger partial charge on any atom is 0.416 e. The lowest BCUT2D eigenvalue weighted by molar-refractivity contribution is -0.137. The van der Waals surface area contributed by atoms with Crippen molar-refractivity contribution >= 4 is 17.2 Å². The number of nitrogens with one attached hydrogen (secondary N) is 1. The molecule has 2 N–H and O–H groups in total. The molecular weight excluding hydrogens is 406 g/mol. The van der Waals surface area contributed by atoms with E-state index in [1.807, 2.05) is 0 Å². The Hall–Kier alpha value is -2.71. The summed E-state index contributed by atoms with van der Waals surface area (Å²) in [5.74, 6) is -0.874. The second-order valence-corrected chi connectivity index (χ2v) is 7.40. The van der Waals surface area contributed by atoms with Crippen LogP contribution in [0.3, 0.4) is 0 Å². The molecule has 1 aromatic heterocycles. The summed E-state index contributed by atoms with van der Waals surface area (Å²) in [6, 6.07) is 12.2. The normalized spacial score (nSPS) is 13.7. The van der Waals surface area contributed by atoms with Gasteiger partial charge < -0.3 is 10.4 Å². The highest BCUT2D eigenvalue weighted by molar-refractivity contribution is 7.12. The summed E-state index contributed by atoms with van der Waals surface area (Å²) < 4.78 is 51.5. The average Bonchev–Trinajstić information content (AvgIpc) is 3.22. The number of aliphatic hydroxyl groups excluding tert-OH is 1. The van der Waals surface area contributed by atoms with Gasteiger partial charge in [-0.3, -0.25) is 4.79 Å². The van der Waals surface area contributed by atoms with Gasteiger partial charge in [0.25, 0.3) is 5.91 Å². The molecular formula is C21H17F4NO2S. The lowest BCUT2D eigenvalue weighted by Crippen LogP contribution is -2.40. The fraction of sp³-hybridized carbons (Fsp3) is 0.190. The SMILES string of the molecule is O=C(NC(Cc1ccc(C(F)(F)F)cc1)C(O)c1ccc(F)cc1)c1cccs1. The number of carbonyl (C=O) groups is 1. The molecule has 0 fully saturated rings. The van der Waals surface area contributed by atoms with E-state index in [9.17, 15) is 27.5 Å². The lowest BCUT2D eigenvalue weighted by atomic mass is 9.95. The summed E-state index contributed by atoms with van der Waals surface area (Å²) >= 11 is 1.23. The van der Waals surface area contributed by atoms with Crippen molar-refractivity contribution in [2.24, 2.45) is 0 Å². The smallest absolute Gasteiger partial charge is 0.386 e. The molecule has 0 spiro atoms. The summed E-state index contributed by atoms with van der Waals surface area (Å²) in [6.07, 6.45) is -5.53. The van der Waals surface area contributed by atoms with Crippen molar-refractivity contribution in [3.63, 3.8) is 0 Å². The van der Waals surface area contributed by atoms with E-state index >= 15 is 0 Å². The van der Waals surface area contributed by atoms with Gasteiger partial charge in [0, 0.05) is 0 Å². The highest BCUT2D eigenvalue weighted by Crippen LogP contribution is 2.29. The van der Waals surface area contributed by atoms with Gasteiger partial charge in [0.2, 0.25) is 0 Å². The molecule has 3 rings (SSSR count). The molecule has 8 heteroatoms. The predicted molar refractivity (Wildman–Crippen MR) is 102 cm³/mol. The van der Waals surface area contributed by atoms with Gasteiger partial charge in [-0.05, 0) is 53.3 Å². The lowest BCUT2D eigenvalue weighted by Gasteiger charge is -2.25. The minimum atomic E-state index is -4.45. The molecule has 0 radical (unpaired) electrons. The second-order valence-electron chi connectivity index (χ2n) is 6.45. The standard InChI is InChI=1S/C21H17F4NO2S/c22-16-9-5-14(6-10-16)19(27)17(26-20(28)18-2-1-11-29-18)12-13-3-7-15(8-4-13)21(23,24)25/h1-11,17,19,27H,12H2,(H,26,28). The molecule has 1 heterocycles. The summed E-state index contributed by atoms with van der Waals surface area (Å²) in [4.78, 5) is 12.9. The van der Waals surface area contributed by atoms with E-state index in [0.29, 0.717) is 16.0 Å². The van der Waals surface area contributed by atoms with E-state index in [2.05, 4.69) is 5.32 Å². The fourth-order valence-electron chi connectivity index (χ4n) is 2.86. The van der Waals surface area contributed by atoms with E-state index in [0.717, 1.165) is 12.1 Å². The zero-order valence-electron chi connectivity index (χ0n) is 15.0. The molecule has 3 aromatic rings. The number of benzene rings is 2. The fourth-order valence-corrected chi connectivity index (χ4v) is 3.49. The van der Waals surface area contributed by atoms with E-state index < -0.39 is 35.6 Å². The quantitative estimate of drug-likeness (QED) is 0.550. The van der Waals surface area contributed by atoms with Crippen molar-refractivity contribution in [3.8, 4) is 0 Å². The number of rotatable bonds is 6. The summed E-state index contributed by atoms with van der Waals surface area (Å²) in [5, 5.41) is 15.2. The number of amides is 1. The van der Waals surface area contributed by atoms with Crippen molar-refractivity contribution < 1.29 is 27.5 Å². The molecule has 0 saturated carbocycles. The Balaban J connectivity index is 1.83. The van der Waals surface area contributed by atoms with Gasteiger partial charge >= 0.3 is 6.18 Å². The van der Waals surface area contributed by atoms with Crippen LogP contribution in [0.4, 0.5) is 17.6 Å². The van der Waals surface area contributed by atoms with Crippen molar-refractivity contribution in [1.29, 1.82) is 0 Å². The van der Waals surface area contributed by atoms with Gasteiger partial charge in [0.15, 0.2) is 0 Å². The van der Waals surface area contributed by atoms with Crippen molar-refractivity contribution in [1.82, 2.24) is 5.32 Å².